The van der Waals surface area contributed by atoms with Crippen LogP contribution in [0, 0.1) is 0 Å². The van der Waals surface area contributed by atoms with E-state index < -0.39 is 0 Å². The molecule has 5 heteroatoms. The van der Waals surface area contributed by atoms with Gasteiger partial charge in [0.2, 0.25) is 0 Å². The fourth-order valence-corrected chi connectivity index (χ4v) is 1.37. The molecular weight excluding hydrogens is 210 g/mol. The largest absolute Gasteiger partial charge is 0.295 e. The number of hydrogen-bond acceptors (Lipinski definition) is 3. The second-order valence-corrected chi connectivity index (χ2v) is 3.11. The minimum absolute atomic E-state index is 0.126. The average Bonchev–Trinajstić information content (AvgIpc) is 2.28. The van der Waals surface area contributed by atoms with E-state index in [1.807, 2.05) is 20.0 Å². The Balaban J connectivity index is 2.93. The molecule has 1 atom stereocenters. The molecule has 11 heavy (non-hydrogen) atoms. The molecule has 62 valence electrons. The standard InChI is InChI=1S/C6H10BrN3O/c1-4(11-8)5-3-6(7)9-10(5)2/h3-4H,8H2,1-2H3. The maximum absolute atomic E-state index is 5.03. The summed E-state index contributed by atoms with van der Waals surface area (Å²) in [5.41, 5.74) is 0.944. The maximum Gasteiger partial charge on any atom is 0.128 e. The predicted molar refractivity (Wildman–Crippen MR) is 44.6 cm³/mol. The molecule has 4 nitrogen and oxygen atoms in total. The Kier molecular flexibility index (Phi) is 2.64. The Bertz CT molecular complexity index is 248. The van der Waals surface area contributed by atoms with Gasteiger partial charge < -0.3 is 0 Å². The van der Waals surface area contributed by atoms with Crippen LogP contribution in [0.5, 0.6) is 0 Å². The first kappa shape index (κ1) is 8.70. The van der Waals surface area contributed by atoms with Gasteiger partial charge in [0.1, 0.15) is 10.7 Å². The molecule has 0 saturated carbocycles. The number of hydrogen-bond donors (Lipinski definition) is 1. The van der Waals surface area contributed by atoms with E-state index in [-0.39, 0.29) is 6.10 Å². The van der Waals surface area contributed by atoms with Gasteiger partial charge in [0.25, 0.3) is 0 Å². The van der Waals surface area contributed by atoms with E-state index in [2.05, 4.69) is 25.9 Å². The van der Waals surface area contributed by atoms with Crippen LogP contribution in [-0.4, -0.2) is 9.78 Å². The minimum Gasteiger partial charge on any atom is -0.295 e. The number of aryl methyl sites for hydroxylation is 1. The minimum atomic E-state index is -0.126. The summed E-state index contributed by atoms with van der Waals surface area (Å²) in [6, 6.07) is 1.87. The van der Waals surface area contributed by atoms with E-state index >= 15 is 0 Å². The number of rotatable bonds is 2. The molecule has 1 aromatic heterocycles. The van der Waals surface area contributed by atoms with Crippen LogP contribution in [0.25, 0.3) is 0 Å². The number of halogens is 1. The van der Waals surface area contributed by atoms with Crippen molar-refractivity contribution >= 4 is 15.9 Å². The fraction of sp³-hybridized carbons (Fsp3) is 0.500. The Labute approximate surface area is 73.4 Å². The molecule has 1 rings (SSSR count). The Morgan fingerprint density at radius 3 is 2.82 bits per heavy atom. The maximum atomic E-state index is 5.03. The topological polar surface area (TPSA) is 53.1 Å². The van der Waals surface area contributed by atoms with E-state index in [4.69, 9.17) is 5.90 Å². The lowest BCUT2D eigenvalue weighted by Gasteiger charge is -2.07. The molecule has 0 radical (unpaired) electrons. The summed E-state index contributed by atoms with van der Waals surface area (Å²) >= 11 is 3.25. The van der Waals surface area contributed by atoms with Crippen molar-refractivity contribution in [3.05, 3.63) is 16.4 Å². The van der Waals surface area contributed by atoms with Gasteiger partial charge in [-0.3, -0.25) is 9.52 Å². The zero-order valence-corrected chi connectivity index (χ0v) is 8.00. The molecular formula is C6H10BrN3O. The van der Waals surface area contributed by atoms with Crippen LogP contribution in [0.1, 0.15) is 18.7 Å². The highest BCUT2D eigenvalue weighted by molar-refractivity contribution is 9.10. The molecule has 1 aromatic rings. The van der Waals surface area contributed by atoms with Crippen molar-refractivity contribution in [2.24, 2.45) is 12.9 Å². The summed E-state index contributed by atoms with van der Waals surface area (Å²) < 4.78 is 2.51. The van der Waals surface area contributed by atoms with Crippen LogP contribution < -0.4 is 5.90 Å². The zero-order valence-electron chi connectivity index (χ0n) is 6.41. The number of nitrogens with two attached hydrogens (primary N) is 1. The van der Waals surface area contributed by atoms with Crippen LogP contribution in [-0.2, 0) is 11.9 Å². The third-order valence-electron chi connectivity index (χ3n) is 1.51. The van der Waals surface area contributed by atoms with Gasteiger partial charge in [-0.05, 0) is 28.9 Å². The van der Waals surface area contributed by atoms with Gasteiger partial charge in [0.05, 0.1) is 5.69 Å². The molecule has 0 aliphatic carbocycles. The van der Waals surface area contributed by atoms with E-state index in [9.17, 15) is 0 Å². The summed E-state index contributed by atoms with van der Waals surface area (Å²) in [4.78, 5) is 4.65. The fourth-order valence-electron chi connectivity index (χ4n) is 0.896. The summed E-state index contributed by atoms with van der Waals surface area (Å²) in [5.74, 6) is 5.03. The van der Waals surface area contributed by atoms with E-state index in [0.717, 1.165) is 10.3 Å². The summed E-state index contributed by atoms with van der Waals surface area (Å²) in [6.07, 6.45) is -0.126. The summed E-state index contributed by atoms with van der Waals surface area (Å²) in [6.45, 7) is 1.86. The molecule has 0 spiro atoms. The number of aromatic nitrogens is 2. The van der Waals surface area contributed by atoms with Crippen molar-refractivity contribution in [2.75, 3.05) is 0 Å². The first-order valence-corrected chi connectivity index (χ1v) is 3.99. The molecule has 0 aromatic carbocycles. The molecule has 0 fully saturated rings. The SMILES string of the molecule is CC(ON)c1cc(Br)nn1C. The molecule has 0 bridgehead atoms. The van der Waals surface area contributed by atoms with Crippen LogP contribution in [0.4, 0.5) is 0 Å². The molecule has 1 unspecified atom stereocenters. The lowest BCUT2D eigenvalue weighted by atomic mass is 10.3. The summed E-state index contributed by atoms with van der Waals surface area (Å²) in [7, 11) is 1.84. The van der Waals surface area contributed by atoms with Crippen molar-refractivity contribution < 1.29 is 4.84 Å². The molecule has 0 aliphatic heterocycles. The molecule has 0 aliphatic rings. The lowest BCUT2D eigenvalue weighted by molar-refractivity contribution is 0.0607. The van der Waals surface area contributed by atoms with Crippen LogP contribution in [0.15, 0.2) is 10.7 Å². The van der Waals surface area contributed by atoms with Gasteiger partial charge in [0.15, 0.2) is 0 Å². The first-order chi connectivity index (χ1) is 5.15. The van der Waals surface area contributed by atoms with Crippen LogP contribution in [0.2, 0.25) is 0 Å². The van der Waals surface area contributed by atoms with Crippen molar-refractivity contribution in [1.82, 2.24) is 9.78 Å². The normalized spacial score (nSPS) is 13.5. The van der Waals surface area contributed by atoms with Gasteiger partial charge in [0, 0.05) is 7.05 Å². The highest BCUT2D eigenvalue weighted by atomic mass is 79.9. The van der Waals surface area contributed by atoms with Gasteiger partial charge in [-0.1, -0.05) is 0 Å². The van der Waals surface area contributed by atoms with Crippen LogP contribution in [0.3, 0.4) is 0 Å². The van der Waals surface area contributed by atoms with Gasteiger partial charge >= 0.3 is 0 Å². The Hall–Kier alpha value is -0.390. The second-order valence-electron chi connectivity index (χ2n) is 2.29. The second kappa shape index (κ2) is 3.34. The average molecular weight is 220 g/mol. The van der Waals surface area contributed by atoms with Crippen molar-refractivity contribution in [2.45, 2.75) is 13.0 Å². The smallest absolute Gasteiger partial charge is 0.128 e. The zero-order chi connectivity index (χ0) is 8.43. The third kappa shape index (κ3) is 1.79. The van der Waals surface area contributed by atoms with Crippen molar-refractivity contribution in [3.63, 3.8) is 0 Å². The van der Waals surface area contributed by atoms with Crippen LogP contribution >= 0.6 is 15.9 Å². The highest BCUT2D eigenvalue weighted by Crippen LogP contribution is 2.17. The van der Waals surface area contributed by atoms with Gasteiger partial charge in [-0.15, -0.1) is 0 Å². The molecule has 2 N–H and O–H groups in total. The van der Waals surface area contributed by atoms with E-state index in [0.29, 0.717) is 0 Å². The Morgan fingerprint density at radius 2 is 2.45 bits per heavy atom. The van der Waals surface area contributed by atoms with Gasteiger partial charge in [-0.25, -0.2) is 5.90 Å². The number of nitrogens with zero attached hydrogens (tertiary/aromatic N) is 2. The highest BCUT2D eigenvalue weighted by Gasteiger charge is 2.10. The van der Waals surface area contributed by atoms with Crippen molar-refractivity contribution in [3.8, 4) is 0 Å². The Morgan fingerprint density at radius 1 is 1.82 bits per heavy atom. The predicted octanol–water partition coefficient (Wildman–Crippen LogP) is 1.13. The monoisotopic (exact) mass is 219 g/mol. The van der Waals surface area contributed by atoms with Crippen molar-refractivity contribution in [1.29, 1.82) is 0 Å². The molecule has 0 amide bonds. The quantitative estimate of drug-likeness (QED) is 0.760. The summed E-state index contributed by atoms with van der Waals surface area (Å²) in [5, 5.41) is 4.08. The third-order valence-corrected chi connectivity index (χ3v) is 1.89. The lowest BCUT2D eigenvalue weighted by Crippen LogP contribution is -2.09. The van der Waals surface area contributed by atoms with Gasteiger partial charge in [-0.2, -0.15) is 5.10 Å². The van der Waals surface area contributed by atoms with E-state index in [1.165, 1.54) is 0 Å². The first-order valence-electron chi connectivity index (χ1n) is 3.20. The molecule has 0 saturated heterocycles. The van der Waals surface area contributed by atoms with E-state index in [1.54, 1.807) is 4.68 Å². The molecule has 1 heterocycles.